The third-order valence-electron chi connectivity index (χ3n) is 2.68. The van der Waals surface area contributed by atoms with Gasteiger partial charge in [0.2, 0.25) is 0 Å². The number of nitrogens with one attached hydrogen (secondary N) is 2. The highest BCUT2D eigenvalue weighted by Gasteiger charge is 2.06. The highest BCUT2D eigenvalue weighted by atomic mass is 127. The molecule has 0 atom stereocenters. The second-order valence-corrected chi connectivity index (χ2v) is 4.10. The van der Waals surface area contributed by atoms with Gasteiger partial charge in [-0.1, -0.05) is 6.07 Å². The first kappa shape index (κ1) is 15.9. The molecule has 0 amide bonds. The number of aromatic hydroxyl groups is 1. The molecule has 0 aliphatic carbocycles. The summed E-state index contributed by atoms with van der Waals surface area (Å²) in [6.45, 7) is 4.93. The fourth-order valence-electron chi connectivity index (χ4n) is 1.78. The Bertz CT molecular complexity index is 438. The lowest BCUT2D eigenvalue weighted by molar-refractivity contribution is 0.317. The Morgan fingerprint density at radius 2 is 2.32 bits per heavy atom. The Labute approximate surface area is 130 Å². The topological polar surface area (TPSA) is 65.9 Å². The van der Waals surface area contributed by atoms with Crippen LogP contribution in [0.5, 0.6) is 11.5 Å². The number of hydrogen-bond acceptors (Lipinski definition) is 5. The van der Waals surface area contributed by atoms with Crippen LogP contribution in [0.1, 0.15) is 18.9 Å². The molecule has 0 fully saturated rings. The molecule has 2 rings (SSSR count). The third kappa shape index (κ3) is 4.77. The summed E-state index contributed by atoms with van der Waals surface area (Å²) in [7, 11) is 0. The van der Waals surface area contributed by atoms with E-state index in [2.05, 4.69) is 15.6 Å². The van der Waals surface area contributed by atoms with E-state index in [4.69, 9.17) is 4.74 Å². The number of aliphatic imine (C=N–C) groups is 1. The number of phenolic OH excluding ortho intramolecular Hbond substituents is 1. The van der Waals surface area contributed by atoms with Crippen molar-refractivity contribution in [3.05, 3.63) is 23.8 Å². The van der Waals surface area contributed by atoms with E-state index in [1.54, 1.807) is 6.07 Å². The average molecular weight is 377 g/mol. The predicted molar refractivity (Wildman–Crippen MR) is 86.5 cm³/mol. The first-order valence-electron chi connectivity index (χ1n) is 6.26. The first-order chi connectivity index (χ1) is 8.79. The summed E-state index contributed by atoms with van der Waals surface area (Å²) < 4.78 is 5.35. The van der Waals surface area contributed by atoms with Gasteiger partial charge in [0.05, 0.1) is 6.61 Å². The van der Waals surface area contributed by atoms with Gasteiger partial charge in [0.1, 0.15) is 0 Å². The number of guanidine groups is 1. The largest absolute Gasteiger partial charge is 0.504 e. The van der Waals surface area contributed by atoms with Gasteiger partial charge in [-0.3, -0.25) is 4.99 Å². The van der Waals surface area contributed by atoms with Gasteiger partial charge >= 0.3 is 0 Å². The van der Waals surface area contributed by atoms with Crippen LogP contribution in [0, 0.1) is 0 Å². The van der Waals surface area contributed by atoms with E-state index < -0.39 is 0 Å². The molecule has 0 spiro atoms. The summed E-state index contributed by atoms with van der Waals surface area (Å²) in [4.78, 5) is 4.33. The molecule has 0 aromatic heterocycles. The van der Waals surface area contributed by atoms with Gasteiger partial charge in [0, 0.05) is 19.6 Å². The van der Waals surface area contributed by atoms with Gasteiger partial charge in [0.15, 0.2) is 17.5 Å². The molecule has 0 unspecified atom stereocenters. The van der Waals surface area contributed by atoms with Crippen LogP contribution in [-0.4, -0.2) is 30.8 Å². The molecule has 3 N–H and O–H groups in total. The number of benzene rings is 1. The minimum Gasteiger partial charge on any atom is -0.504 e. The molecule has 0 bridgehead atoms. The van der Waals surface area contributed by atoms with Crippen molar-refractivity contribution in [2.75, 3.05) is 19.7 Å². The Morgan fingerprint density at radius 3 is 3.00 bits per heavy atom. The summed E-state index contributed by atoms with van der Waals surface area (Å²) in [6.07, 6.45) is 1.08. The van der Waals surface area contributed by atoms with Crippen LogP contribution in [0.3, 0.4) is 0 Å². The zero-order valence-electron chi connectivity index (χ0n) is 11.0. The molecule has 1 aliphatic heterocycles. The highest BCUT2D eigenvalue weighted by molar-refractivity contribution is 14.0. The van der Waals surface area contributed by atoms with Gasteiger partial charge in [0.25, 0.3) is 0 Å². The fourth-order valence-corrected chi connectivity index (χ4v) is 1.78. The highest BCUT2D eigenvalue weighted by Crippen LogP contribution is 2.26. The predicted octanol–water partition coefficient (Wildman–Crippen LogP) is 1.85. The van der Waals surface area contributed by atoms with Crippen molar-refractivity contribution in [3.63, 3.8) is 0 Å². The summed E-state index contributed by atoms with van der Waals surface area (Å²) in [5.41, 5.74) is 1.05. The van der Waals surface area contributed by atoms with Crippen molar-refractivity contribution in [3.8, 4) is 11.5 Å². The van der Waals surface area contributed by atoms with Crippen molar-refractivity contribution in [2.45, 2.75) is 19.9 Å². The maximum absolute atomic E-state index is 9.60. The molecule has 0 saturated heterocycles. The Morgan fingerprint density at radius 1 is 1.47 bits per heavy atom. The standard InChI is InChI=1S/C13H19N3O2.HI/c1-2-18-12-8-10(4-5-11(12)17)9-16-13-14-6-3-7-15-13;/h4-5,8,17H,2-3,6-7,9H2,1H3,(H2,14,15,16);1H. The second-order valence-electron chi connectivity index (χ2n) is 4.10. The van der Waals surface area contributed by atoms with Crippen molar-refractivity contribution in [2.24, 2.45) is 4.99 Å². The molecular weight excluding hydrogens is 357 g/mol. The molecule has 1 heterocycles. The number of rotatable bonds is 4. The molecule has 19 heavy (non-hydrogen) atoms. The van der Waals surface area contributed by atoms with Crippen molar-refractivity contribution in [1.82, 2.24) is 10.6 Å². The van der Waals surface area contributed by atoms with Gasteiger partial charge in [-0.25, -0.2) is 0 Å². The van der Waals surface area contributed by atoms with Crippen LogP contribution >= 0.6 is 24.0 Å². The molecule has 1 aromatic carbocycles. The lowest BCUT2D eigenvalue weighted by Crippen LogP contribution is -2.40. The zero-order valence-corrected chi connectivity index (χ0v) is 13.3. The number of ether oxygens (including phenoxy) is 1. The van der Waals surface area contributed by atoms with Gasteiger partial charge in [-0.2, -0.15) is 0 Å². The monoisotopic (exact) mass is 377 g/mol. The van der Waals surface area contributed by atoms with E-state index in [9.17, 15) is 5.11 Å². The molecule has 6 heteroatoms. The number of phenols is 1. The molecule has 1 aliphatic rings. The molecule has 1 aromatic rings. The van der Waals surface area contributed by atoms with Crippen LogP contribution in [0.4, 0.5) is 0 Å². The fraction of sp³-hybridized carbons (Fsp3) is 0.462. The number of nitrogens with zero attached hydrogens (tertiary/aromatic N) is 1. The van der Waals surface area contributed by atoms with E-state index in [0.29, 0.717) is 18.9 Å². The smallest absolute Gasteiger partial charge is 0.191 e. The SMILES string of the molecule is CCOc1cc(CNC2=NCCCN2)ccc1O.I. The van der Waals surface area contributed by atoms with Crippen molar-refractivity contribution in [1.29, 1.82) is 0 Å². The minimum absolute atomic E-state index is 0. The third-order valence-corrected chi connectivity index (χ3v) is 2.68. The first-order valence-corrected chi connectivity index (χ1v) is 6.26. The Kier molecular flexibility index (Phi) is 6.75. The van der Waals surface area contributed by atoms with Crippen LogP contribution < -0.4 is 15.4 Å². The van der Waals surface area contributed by atoms with Crippen LogP contribution in [-0.2, 0) is 6.54 Å². The maximum atomic E-state index is 9.60. The number of hydrogen-bond donors (Lipinski definition) is 3. The molecule has 5 nitrogen and oxygen atoms in total. The minimum atomic E-state index is 0. The van der Waals surface area contributed by atoms with Crippen LogP contribution in [0.15, 0.2) is 23.2 Å². The summed E-state index contributed by atoms with van der Waals surface area (Å²) in [6, 6.07) is 5.36. The molecule has 106 valence electrons. The average Bonchev–Trinajstić information content (AvgIpc) is 2.41. The molecule has 0 saturated carbocycles. The van der Waals surface area contributed by atoms with Crippen molar-refractivity contribution < 1.29 is 9.84 Å². The van der Waals surface area contributed by atoms with Gasteiger partial charge in [-0.05, 0) is 31.0 Å². The lowest BCUT2D eigenvalue weighted by atomic mass is 10.2. The van der Waals surface area contributed by atoms with E-state index in [1.165, 1.54) is 0 Å². The summed E-state index contributed by atoms with van der Waals surface area (Å²) in [5.74, 6) is 1.54. The molecular formula is C13H20IN3O2. The van der Waals surface area contributed by atoms with E-state index >= 15 is 0 Å². The van der Waals surface area contributed by atoms with Gasteiger partial charge in [-0.15, -0.1) is 24.0 Å². The summed E-state index contributed by atoms with van der Waals surface area (Å²) in [5, 5.41) is 16.0. The molecule has 0 radical (unpaired) electrons. The van der Waals surface area contributed by atoms with Crippen LogP contribution in [0.2, 0.25) is 0 Å². The van der Waals surface area contributed by atoms with E-state index in [0.717, 1.165) is 31.0 Å². The van der Waals surface area contributed by atoms with E-state index in [1.807, 2.05) is 19.1 Å². The maximum Gasteiger partial charge on any atom is 0.191 e. The van der Waals surface area contributed by atoms with Gasteiger partial charge < -0.3 is 20.5 Å². The second kappa shape index (κ2) is 8.08. The Balaban J connectivity index is 0.00000180. The zero-order chi connectivity index (χ0) is 12.8. The van der Waals surface area contributed by atoms with Crippen LogP contribution in [0.25, 0.3) is 0 Å². The summed E-state index contributed by atoms with van der Waals surface area (Å²) >= 11 is 0. The van der Waals surface area contributed by atoms with E-state index in [-0.39, 0.29) is 29.7 Å². The quantitative estimate of drug-likeness (QED) is 0.701. The lowest BCUT2D eigenvalue weighted by Gasteiger charge is -2.16. The number of halogens is 1. The Hall–Kier alpha value is -1.18. The normalized spacial score (nSPS) is 13.8. The van der Waals surface area contributed by atoms with Crippen molar-refractivity contribution >= 4 is 29.9 Å².